The van der Waals surface area contributed by atoms with Crippen LogP contribution in [0.4, 0.5) is 10.5 Å². The first kappa shape index (κ1) is 19.8. The lowest BCUT2D eigenvalue weighted by Gasteiger charge is -2.12. The van der Waals surface area contributed by atoms with Gasteiger partial charge in [0.15, 0.2) is 0 Å². The molecule has 0 fully saturated rings. The molecule has 0 aliphatic rings. The fourth-order valence-electron chi connectivity index (χ4n) is 3.26. The molecule has 0 aliphatic heterocycles. The molecule has 0 saturated carbocycles. The predicted molar refractivity (Wildman–Crippen MR) is 120 cm³/mol. The first-order valence-electron chi connectivity index (χ1n) is 9.61. The Labute approximate surface area is 180 Å². The second kappa shape index (κ2) is 8.47. The Balaban J connectivity index is 1.59. The molecule has 4 aromatic rings. The van der Waals surface area contributed by atoms with E-state index in [1.807, 2.05) is 90.1 Å². The molecule has 30 heavy (non-hydrogen) atoms. The maximum Gasteiger partial charge on any atom is 0.319 e. The second-order valence-electron chi connectivity index (χ2n) is 7.00. The van der Waals surface area contributed by atoms with Crippen molar-refractivity contribution in [1.82, 2.24) is 19.7 Å². The van der Waals surface area contributed by atoms with E-state index < -0.39 is 0 Å². The Bertz CT molecular complexity index is 1170. The van der Waals surface area contributed by atoms with E-state index in [9.17, 15) is 4.79 Å². The van der Waals surface area contributed by atoms with Crippen LogP contribution in [0.15, 0.2) is 73.1 Å². The topological polar surface area (TPSA) is 63.9 Å². The first-order valence-corrected chi connectivity index (χ1v) is 9.99. The number of benzene rings is 2. The van der Waals surface area contributed by atoms with Gasteiger partial charge in [-0.1, -0.05) is 35.9 Å². The van der Waals surface area contributed by atoms with E-state index in [-0.39, 0.29) is 6.03 Å². The van der Waals surface area contributed by atoms with Gasteiger partial charge in [-0.3, -0.25) is 0 Å². The van der Waals surface area contributed by atoms with Crippen molar-refractivity contribution in [2.45, 2.75) is 20.4 Å². The molecule has 2 aromatic heterocycles. The molecule has 0 bridgehead atoms. The number of aryl methyl sites for hydroxylation is 2. The standard InChI is InChI=1S/C23H22ClN5O/c1-16-10-11-18(14-21(16)24)26-23(30)25-15-20-17(2)27-29(19-8-4-3-5-9-19)22(20)28-12-6-7-13-28/h3-14H,15H2,1-2H3,(H2,25,26,30). The van der Waals surface area contributed by atoms with Gasteiger partial charge >= 0.3 is 6.03 Å². The predicted octanol–water partition coefficient (Wildman–Crippen LogP) is 5.25. The number of rotatable bonds is 5. The fourth-order valence-corrected chi connectivity index (χ4v) is 3.44. The lowest BCUT2D eigenvalue weighted by atomic mass is 10.2. The van der Waals surface area contributed by atoms with Crippen molar-refractivity contribution in [2.24, 2.45) is 0 Å². The third-order valence-corrected chi connectivity index (χ3v) is 5.27. The molecule has 0 atom stereocenters. The molecule has 2 aromatic carbocycles. The monoisotopic (exact) mass is 419 g/mol. The summed E-state index contributed by atoms with van der Waals surface area (Å²) in [4.78, 5) is 12.5. The first-order chi connectivity index (χ1) is 14.5. The highest BCUT2D eigenvalue weighted by atomic mass is 35.5. The number of urea groups is 1. The smallest absolute Gasteiger partial charge is 0.319 e. The van der Waals surface area contributed by atoms with Crippen molar-refractivity contribution < 1.29 is 4.79 Å². The molecule has 6 nitrogen and oxygen atoms in total. The molecule has 0 spiro atoms. The average Bonchev–Trinajstić information content (AvgIpc) is 3.37. The van der Waals surface area contributed by atoms with E-state index in [0.717, 1.165) is 28.3 Å². The quantitative estimate of drug-likeness (QED) is 0.463. The van der Waals surface area contributed by atoms with Crippen molar-refractivity contribution in [3.05, 3.63) is 94.9 Å². The van der Waals surface area contributed by atoms with Gasteiger partial charge < -0.3 is 15.2 Å². The number of hydrogen-bond donors (Lipinski definition) is 2. The Morgan fingerprint density at radius 3 is 2.47 bits per heavy atom. The van der Waals surface area contributed by atoms with Crippen molar-refractivity contribution in [3.8, 4) is 11.5 Å². The lowest BCUT2D eigenvalue weighted by Crippen LogP contribution is -2.28. The van der Waals surface area contributed by atoms with Gasteiger partial charge in [0.1, 0.15) is 5.82 Å². The normalized spacial score (nSPS) is 10.8. The van der Waals surface area contributed by atoms with Crippen molar-refractivity contribution in [3.63, 3.8) is 0 Å². The number of anilines is 1. The summed E-state index contributed by atoms with van der Waals surface area (Å²) in [6.45, 7) is 4.20. The number of nitrogens with zero attached hydrogens (tertiary/aromatic N) is 3. The van der Waals surface area contributed by atoms with Crippen LogP contribution in [0.3, 0.4) is 0 Å². The van der Waals surface area contributed by atoms with Crippen LogP contribution >= 0.6 is 11.6 Å². The summed E-state index contributed by atoms with van der Waals surface area (Å²) in [5.41, 5.74) is 4.34. The Hall–Kier alpha value is -3.51. The van der Waals surface area contributed by atoms with E-state index in [1.54, 1.807) is 6.07 Å². The van der Waals surface area contributed by atoms with Crippen LogP contribution in [0.1, 0.15) is 16.8 Å². The van der Waals surface area contributed by atoms with Crippen LogP contribution in [-0.2, 0) is 6.54 Å². The number of nitrogens with one attached hydrogen (secondary N) is 2. The summed E-state index contributed by atoms with van der Waals surface area (Å²) in [7, 11) is 0. The molecule has 4 rings (SSSR count). The minimum atomic E-state index is -0.305. The van der Waals surface area contributed by atoms with Gasteiger partial charge in [-0.15, -0.1) is 0 Å². The van der Waals surface area contributed by atoms with Gasteiger partial charge in [0.05, 0.1) is 17.9 Å². The number of aromatic nitrogens is 3. The summed E-state index contributed by atoms with van der Waals surface area (Å²) in [5, 5.41) is 11.1. The van der Waals surface area contributed by atoms with E-state index in [4.69, 9.17) is 16.7 Å². The number of para-hydroxylation sites is 1. The van der Waals surface area contributed by atoms with Gasteiger partial charge in [-0.05, 0) is 55.8 Å². The zero-order valence-corrected chi connectivity index (χ0v) is 17.5. The third kappa shape index (κ3) is 4.09. The molecular weight excluding hydrogens is 398 g/mol. The van der Waals surface area contributed by atoms with Crippen LogP contribution in [0.25, 0.3) is 11.5 Å². The van der Waals surface area contributed by atoms with Gasteiger partial charge in [-0.25, -0.2) is 9.48 Å². The molecule has 152 valence electrons. The molecule has 0 saturated heterocycles. The molecular formula is C23H22ClN5O. The van der Waals surface area contributed by atoms with Crippen LogP contribution < -0.4 is 10.6 Å². The number of hydrogen-bond acceptors (Lipinski definition) is 2. The van der Waals surface area contributed by atoms with Gasteiger partial charge in [0.25, 0.3) is 0 Å². The molecule has 2 heterocycles. The number of amides is 2. The molecule has 2 amide bonds. The van der Waals surface area contributed by atoms with Crippen molar-refractivity contribution in [1.29, 1.82) is 0 Å². The lowest BCUT2D eigenvalue weighted by molar-refractivity contribution is 0.251. The number of carbonyl (C=O) groups excluding carboxylic acids is 1. The number of halogens is 1. The van der Waals surface area contributed by atoms with Crippen molar-refractivity contribution in [2.75, 3.05) is 5.32 Å². The highest BCUT2D eigenvalue weighted by molar-refractivity contribution is 6.31. The zero-order chi connectivity index (χ0) is 21.1. The van der Waals surface area contributed by atoms with Crippen molar-refractivity contribution >= 4 is 23.3 Å². The average molecular weight is 420 g/mol. The summed E-state index contributed by atoms with van der Waals surface area (Å²) >= 11 is 6.14. The second-order valence-corrected chi connectivity index (χ2v) is 7.40. The van der Waals surface area contributed by atoms with Gasteiger partial charge in [0.2, 0.25) is 0 Å². The minimum Gasteiger partial charge on any atom is -0.334 e. The summed E-state index contributed by atoms with van der Waals surface area (Å²) in [5.74, 6) is 0.891. The molecule has 2 N–H and O–H groups in total. The van der Waals surface area contributed by atoms with Crippen LogP contribution in [-0.4, -0.2) is 20.4 Å². The van der Waals surface area contributed by atoms with Crippen LogP contribution in [0.5, 0.6) is 0 Å². The maximum atomic E-state index is 12.5. The fraction of sp³-hybridized carbons (Fsp3) is 0.130. The summed E-state index contributed by atoms with van der Waals surface area (Å²) in [6, 6.07) is 19.0. The van der Waals surface area contributed by atoms with E-state index in [0.29, 0.717) is 17.3 Å². The minimum absolute atomic E-state index is 0.305. The summed E-state index contributed by atoms with van der Waals surface area (Å²) < 4.78 is 3.89. The van der Waals surface area contributed by atoms with Gasteiger partial charge in [-0.2, -0.15) is 5.10 Å². The SMILES string of the molecule is Cc1ccc(NC(=O)NCc2c(C)nn(-c3ccccc3)c2-n2cccc2)cc1Cl. The molecule has 0 radical (unpaired) electrons. The number of carbonyl (C=O) groups is 1. The molecule has 0 aliphatic carbocycles. The largest absolute Gasteiger partial charge is 0.334 e. The highest BCUT2D eigenvalue weighted by Crippen LogP contribution is 2.23. The Morgan fingerprint density at radius 2 is 1.77 bits per heavy atom. The molecule has 0 unspecified atom stereocenters. The summed E-state index contributed by atoms with van der Waals surface area (Å²) in [6.07, 6.45) is 3.93. The van der Waals surface area contributed by atoms with E-state index >= 15 is 0 Å². The Kier molecular flexibility index (Phi) is 5.59. The maximum absolute atomic E-state index is 12.5. The van der Waals surface area contributed by atoms with E-state index in [2.05, 4.69) is 10.6 Å². The third-order valence-electron chi connectivity index (χ3n) is 4.86. The van der Waals surface area contributed by atoms with Crippen LogP contribution in [0, 0.1) is 13.8 Å². The van der Waals surface area contributed by atoms with Gasteiger partial charge in [0, 0.05) is 28.7 Å². The Morgan fingerprint density at radius 1 is 1.03 bits per heavy atom. The molecule has 7 heteroatoms. The zero-order valence-electron chi connectivity index (χ0n) is 16.8. The van der Waals surface area contributed by atoms with Crippen LogP contribution in [0.2, 0.25) is 5.02 Å². The van der Waals surface area contributed by atoms with E-state index in [1.165, 1.54) is 0 Å². The highest BCUT2D eigenvalue weighted by Gasteiger charge is 2.18.